The van der Waals surface area contributed by atoms with Crippen LogP contribution in [0.5, 0.6) is 0 Å². The van der Waals surface area contributed by atoms with Gasteiger partial charge < -0.3 is 4.90 Å². The van der Waals surface area contributed by atoms with Crippen LogP contribution in [0.4, 0.5) is 13.2 Å². The average Bonchev–Trinajstić information content (AvgIpc) is 3.13. The Bertz CT molecular complexity index is 850. The van der Waals surface area contributed by atoms with Crippen LogP contribution in [0.15, 0.2) is 24.3 Å². The van der Waals surface area contributed by atoms with Crippen molar-refractivity contribution in [2.24, 2.45) is 0 Å². The number of amides is 1. The van der Waals surface area contributed by atoms with E-state index in [0.717, 1.165) is 25.0 Å². The van der Waals surface area contributed by atoms with Crippen molar-refractivity contribution in [2.75, 3.05) is 45.5 Å². The Morgan fingerprint density at radius 3 is 2.10 bits per heavy atom. The molecule has 0 bridgehead atoms. The molecule has 29 heavy (non-hydrogen) atoms. The summed E-state index contributed by atoms with van der Waals surface area (Å²) in [5, 5.41) is 0. The maximum Gasteiger partial charge on any atom is 0.416 e. The van der Waals surface area contributed by atoms with Gasteiger partial charge in [0.1, 0.15) is 0 Å². The summed E-state index contributed by atoms with van der Waals surface area (Å²) >= 11 is 0. The highest BCUT2D eigenvalue weighted by atomic mass is 32.2. The molecule has 2 heterocycles. The molecule has 1 amide bonds. The smallest absolute Gasteiger partial charge is 0.336 e. The number of sulfonamides is 1. The molecule has 0 N–H and O–H groups in total. The minimum atomic E-state index is -4.43. The van der Waals surface area contributed by atoms with Crippen molar-refractivity contribution in [1.29, 1.82) is 0 Å². The van der Waals surface area contributed by atoms with E-state index in [-0.39, 0.29) is 17.0 Å². The van der Waals surface area contributed by atoms with Crippen molar-refractivity contribution in [3.8, 4) is 0 Å². The van der Waals surface area contributed by atoms with Crippen molar-refractivity contribution >= 4 is 15.9 Å². The first-order valence-corrected chi connectivity index (χ1v) is 11.5. The van der Waals surface area contributed by atoms with Crippen LogP contribution in [0.3, 0.4) is 0 Å². The normalized spacial score (nSPS) is 24.8. The van der Waals surface area contributed by atoms with Gasteiger partial charge in [0.25, 0.3) is 5.91 Å². The van der Waals surface area contributed by atoms with E-state index in [1.54, 1.807) is 4.90 Å². The molecule has 0 aromatic heterocycles. The Labute approximate surface area is 169 Å². The molecule has 162 valence electrons. The van der Waals surface area contributed by atoms with Crippen LogP contribution >= 0.6 is 0 Å². The van der Waals surface area contributed by atoms with Crippen molar-refractivity contribution in [3.05, 3.63) is 35.4 Å². The molecule has 3 rings (SSSR count). The molecule has 1 unspecified atom stereocenters. The maximum atomic E-state index is 12.7. The first-order chi connectivity index (χ1) is 13.5. The summed E-state index contributed by atoms with van der Waals surface area (Å²) in [4.78, 5) is 16.6. The molecule has 0 radical (unpaired) electrons. The van der Waals surface area contributed by atoms with E-state index in [0.29, 0.717) is 39.3 Å². The molecule has 2 aliphatic rings. The number of piperazine rings is 1. The predicted octanol–water partition coefficient (Wildman–Crippen LogP) is 2.28. The highest BCUT2D eigenvalue weighted by molar-refractivity contribution is 7.88. The lowest BCUT2D eigenvalue weighted by atomic mass is 9.92. The minimum absolute atomic E-state index is 0.230. The summed E-state index contributed by atoms with van der Waals surface area (Å²) in [6, 6.07) is 4.28. The van der Waals surface area contributed by atoms with Gasteiger partial charge in [0, 0.05) is 50.4 Å². The molecule has 0 aliphatic carbocycles. The minimum Gasteiger partial charge on any atom is -0.336 e. The third kappa shape index (κ3) is 4.59. The van der Waals surface area contributed by atoms with Crippen LogP contribution in [0.2, 0.25) is 0 Å². The van der Waals surface area contributed by atoms with E-state index in [4.69, 9.17) is 0 Å². The summed E-state index contributed by atoms with van der Waals surface area (Å²) in [6.45, 7) is 5.13. The Balaban J connectivity index is 1.63. The molecule has 0 saturated carbocycles. The lowest BCUT2D eigenvalue weighted by Gasteiger charge is -2.45. The zero-order valence-electron chi connectivity index (χ0n) is 16.6. The Hall–Kier alpha value is -1.65. The fourth-order valence-corrected chi connectivity index (χ4v) is 5.14. The molecule has 2 saturated heterocycles. The second-order valence-corrected chi connectivity index (χ2v) is 9.76. The zero-order valence-corrected chi connectivity index (χ0v) is 17.4. The fraction of sp³-hybridized carbons (Fsp3) is 0.632. The number of rotatable bonds is 4. The number of carbonyl (C=O) groups excluding carboxylic acids is 1. The van der Waals surface area contributed by atoms with E-state index in [1.165, 1.54) is 22.7 Å². The van der Waals surface area contributed by atoms with Gasteiger partial charge in [-0.1, -0.05) is 6.92 Å². The topological polar surface area (TPSA) is 60.9 Å². The highest BCUT2D eigenvalue weighted by Crippen LogP contribution is 2.33. The first-order valence-electron chi connectivity index (χ1n) is 9.63. The Morgan fingerprint density at radius 1 is 1.07 bits per heavy atom. The lowest BCUT2D eigenvalue weighted by molar-refractivity contribution is -0.137. The summed E-state index contributed by atoms with van der Waals surface area (Å²) in [5.74, 6) is -0.284. The number of nitrogens with zero attached hydrogens (tertiary/aromatic N) is 3. The molecule has 1 atom stereocenters. The van der Waals surface area contributed by atoms with Crippen molar-refractivity contribution < 1.29 is 26.4 Å². The number of hydrogen-bond donors (Lipinski definition) is 0. The quantitative estimate of drug-likeness (QED) is 0.731. The van der Waals surface area contributed by atoms with Crippen molar-refractivity contribution in [3.63, 3.8) is 0 Å². The fourth-order valence-electron chi connectivity index (χ4n) is 4.24. The van der Waals surface area contributed by atoms with Crippen molar-refractivity contribution in [1.82, 2.24) is 14.1 Å². The molecule has 2 fully saturated rings. The van der Waals surface area contributed by atoms with Gasteiger partial charge in [-0.15, -0.1) is 0 Å². The molecule has 0 spiro atoms. The van der Waals surface area contributed by atoms with Crippen LogP contribution in [-0.4, -0.2) is 79.5 Å². The Morgan fingerprint density at radius 2 is 1.66 bits per heavy atom. The van der Waals surface area contributed by atoms with Gasteiger partial charge in [-0.2, -0.15) is 13.2 Å². The van der Waals surface area contributed by atoms with Gasteiger partial charge >= 0.3 is 6.18 Å². The van der Waals surface area contributed by atoms with Gasteiger partial charge in [0.2, 0.25) is 10.0 Å². The van der Waals surface area contributed by atoms with Gasteiger partial charge in [0.05, 0.1) is 11.8 Å². The van der Waals surface area contributed by atoms with Gasteiger partial charge in [-0.05, 0) is 37.1 Å². The maximum absolute atomic E-state index is 12.7. The number of alkyl halides is 3. The van der Waals surface area contributed by atoms with Crippen LogP contribution in [0, 0.1) is 0 Å². The van der Waals surface area contributed by atoms with E-state index < -0.39 is 21.8 Å². The summed E-state index contributed by atoms with van der Waals surface area (Å²) < 4.78 is 63.4. The molecule has 1 aromatic carbocycles. The predicted molar refractivity (Wildman–Crippen MR) is 103 cm³/mol. The van der Waals surface area contributed by atoms with Crippen LogP contribution < -0.4 is 0 Å². The van der Waals surface area contributed by atoms with Crippen LogP contribution in [0.1, 0.15) is 35.7 Å². The highest BCUT2D eigenvalue weighted by Gasteiger charge is 2.45. The average molecular weight is 433 g/mol. The van der Waals surface area contributed by atoms with Gasteiger partial charge in [-0.25, -0.2) is 12.7 Å². The zero-order chi connectivity index (χ0) is 21.4. The third-order valence-corrected chi connectivity index (χ3v) is 7.37. The number of carbonyl (C=O) groups is 1. The second kappa shape index (κ2) is 7.88. The SMILES string of the molecule is CCC1(N2CCN(C(=O)c3ccc(C(F)(F)F)cc3)CC2)CCN(S(C)(=O)=O)C1. The first kappa shape index (κ1) is 22.0. The molecule has 10 heteroatoms. The standard InChI is InChI=1S/C19H26F3N3O3S/c1-3-18(8-9-25(14-18)29(2,27)28)24-12-10-23(11-13-24)17(26)15-4-6-16(7-5-15)19(20,21)22/h4-7H,3,8-14H2,1-2H3. The summed E-state index contributed by atoms with van der Waals surface area (Å²) in [6.07, 6.45) is -1.64. The molecule has 6 nitrogen and oxygen atoms in total. The molecule has 1 aromatic rings. The summed E-state index contributed by atoms with van der Waals surface area (Å²) in [7, 11) is -3.23. The second-order valence-electron chi connectivity index (χ2n) is 7.78. The molecular weight excluding hydrogens is 407 g/mol. The monoisotopic (exact) mass is 433 g/mol. The van der Waals surface area contributed by atoms with E-state index in [9.17, 15) is 26.4 Å². The van der Waals surface area contributed by atoms with E-state index >= 15 is 0 Å². The summed E-state index contributed by atoms with van der Waals surface area (Å²) in [5.41, 5.74) is -0.770. The van der Waals surface area contributed by atoms with Crippen LogP contribution in [0.25, 0.3) is 0 Å². The third-order valence-electron chi connectivity index (χ3n) is 6.12. The number of halogens is 3. The van der Waals surface area contributed by atoms with E-state index in [1.807, 2.05) is 6.92 Å². The number of hydrogen-bond acceptors (Lipinski definition) is 4. The van der Waals surface area contributed by atoms with Gasteiger partial charge in [0.15, 0.2) is 0 Å². The lowest BCUT2D eigenvalue weighted by Crippen LogP contribution is -2.59. The molecular formula is C19H26F3N3O3S. The van der Waals surface area contributed by atoms with E-state index in [2.05, 4.69) is 4.90 Å². The largest absolute Gasteiger partial charge is 0.416 e. The number of benzene rings is 1. The van der Waals surface area contributed by atoms with Crippen LogP contribution in [-0.2, 0) is 16.2 Å². The van der Waals surface area contributed by atoms with Crippen molar-refractivity contribution in [2.45, 2.75) is 31.5 Å². The Kier molecular flexibility index (Phi) is 5.99. The molecule has 2 aliphatic heterocycles. The van der Waals surface area contributed by atoms with Gasteiger partial charge in [-0.3, -0.25) is 9.69 Å².